The van der Waals surface area contributed by atoms with Crippen molar-refractivity contribution in [2.24, 2.45) is 0 Å². The van der Waals surface area contributed by atoms with Gasteiger partial charge >= 0.3 is 5.97 Å². The number of amides is 1. The predicted octanol–water partition coefficient (Wildman–Crippen LogP) is 2.05. The average Bonchev–Trinajstić information content (AvgIpc) is 3.19. The van der Waals surface area contributed by atoms with Crippen molar-refractivity contribution in [3.05, 3.63) is 52.9 Å². The highest BCUT2D eigenvalue weighted by Crippen LogP contribution is 2.12. The van der Waals surface area contributed by atoms with Gasteiger partial charge in [0.1, 0.15) is 5.82 Å². The van der Waals surface area contributed by atoms with Crippen LogP contribution in [0, 0.1) is 0 Å². The van der Waals surface area contributed by atoms with Gasteiger partial charge < -0.3 is 14.5 Å². The lowest BCUT2D eigenvalue weighted by atomic mass is 10.3. The van der Waals surface area contributed by atoms with E-state index in [1.165, 1.54) is 6.08 Å². The van der Waals surface area contributed by atoms with Gasteiger partial charge in [-0.3, -0.25) is 4.79 Å². The van der Waals surface area contributed by atoms with Crippen LogP contribution in [-0.2, 0) is 14.3 Å². The lowest BCUT2D eigenvalue weighted by Gasteiger charge is -2.35. The molecule has 0 aliphatic carbocycles. The molecule has 7 heteroatoms. The third-order valence-corrected chi connectivity index (χ3v) is 4.60. The van der Waals surface area contributed by atoms with Gasteiger partial charge in [-0.1, -0.05) is 6.07 Å². The summed E-state index contributed by atoms with van der Waals surface area (Å²) in [4.78, 5) is 32.0. The molecule has 6 nitrogen and oxygen atoms in total. The number of nitrogens with zero attached hydrogens (tertiary/aromatic N) is 3. The number of thiophene rings is 1. The molecule has 0 saturated carbocycles. The maximum Gasteiger partial charge on any atom is 0.331 e. The summed E-state index contributed by atoms with van der Waals surface area (Å²) in [6.07, 6.45) is 4.78. The lowest BCUT2D eigenvalue weighted by molar-refractivity contribution is -0.148. The zero-order valence-electron chi connectivity index (χ0n) is 13.7. The zero-order valence-corrected chi connectivity index (χ0v) is 14.5. The average molecular weight is 357 g/mol. The minimum absolute atomic E-state index is 0.169. The van der Waals surface area contributed by atoms with E-state index >= 15 is 0 Å². The highest BCUT2D eigenvalue weighted by Gasteiger charge is 2.22. The third-order valence-electron chi connectivity index (χ3n) is 3.90. The minimum Gasteiger partial charge on any atom is -0.452 e. The van der Waals surface area contributed by atoms with Crippen molar-refractivity contribution in [3.8, 4) is 0 Å². The van der Waals surface area contributed by atoms with Gasteiger partial charge in [-0.25, -0.2) is 9.78 Å². The summed E-state index contributed by atoms with van der Waals surface area (Å²) < 4.78 is 5.03. The molecule has 0 bridgehead atoms. The van der Waals surface area contributed by atoms with Crippen molar-refractivity contribution in [3.63, 3.8) is 0 Å². The number of piperazine rings is 1. The van der Waals surface area contributed by atoms with Gasteiger partial charge in [-0.15, -0.1) is 0 Å². The minimum atomic E-state index is -0.508. The van der Waals surface area contributed by atoms with Crippen molar-refractivity contribution >= 4 is 35.1 Å². The van der Waals surface area contributed by atoms with Gasteiger partial charge in [-0.05, 0) is 40.6 Å². The van der Waals surface area contributed by atoms with Gasteiger partial charge in [0, 0.05) is 38.5 Å². The molecule has 1 amide bonds. The van der Waals surface area contributed by atoms with E-state index in [1.807, 2.05) is 35.0 Å². The van der Waals surface area contributed by atoms with Crippen LogP contribution in [0.1, 0.15) is 5.56 Å². The summed E-state index contributed by atoms with van der Waals surface area (Å²) in [5, 5.41) is 3.86. The number of carbonyl (C=O) groups is 2. The van der Waals surface area contributed by atoms with Crippen LogP contribution in [-0.4, -0.2) is 54.5 Å². The second kappa shape index (κ2) is 8.43. The number of hydrogen-bond donors (Lipinski definition) is 0. The summed E-state index contributed by atoms with van der Waals surface area (Å²) in [6.45, 7) is 2.40. The van der Waals surface area contributed by atoms with E-state index < -0.39 is 5.97 Å². The fraction of sp³-hybridized carbons (Fsp3) is 0.278. The number of carbonyl (C=O) groups excluding carboxylic acids is 2. The molecule has 0 unspecified atom stereocenters. The smallest absolute Gasteiger partial charge is 0.331 e. The molecule has 1 saturated heterocycles. The summed E-state index contributed by atoms with van der Waals surface area (Å²) >= 11 is 1.55. The molecule has 1 fully saturated rings. The van der Waals surface area contributed by atoms with Crippen LogP contribution in [0.25, 0.3) is 6.08 Å². The quantitative estimate of drug-likeness (QED) is 0.605. The van der Waals surface area contributed by atoms with Crippen molar-refractivity contribution in [1.82, 2.24) is 9.88 Å². The van der Waals surface area contributed by atoms with Crippen LogP contribution in [0.3, 0.4) is 0 Å². The molecule has 0 N–H and O–H groups in total. The first-order valence-electron chi connectivity index (χ1n) is 8.03. The van der Waals surface area contributed by atoms with E-state index in [-0.39, 0.29) is 12.5 Å². The van der Waals surface area contributed by atoms with Crippen LogP contribution < -0.4 is 4.90 Å². The molecule has 1 aliphatic rings. The zero-order chi connectivity index (χ0) is 17.5. The second-order valence-corrected chi connectivity index (χ2v) is 6.33. The second-order valence-electron chi connectivity index (χ2n) is 5.55. The highest BCUT2D eigenvalue weighted by molar-refractivity contribution is 7.08. The Kier molecular flexibility index (Phi) is 5.79. The number of pyridine rings is 1. The van der Waals surface area contributed by atoms with Crippen LogP contribution >= 0.6 is 11.3 Å². The van der Waals surface area contributed by atoms with Crippen LogP contribution in [0.2, 0.25) is 0 Å². The van der Waals surface area contributed by atoms with E-state index in [0.29, 0.717) is 13.1 Å². The Labute approximate surface area is 150 Å². The van der Waals surface area contributed by atoms with Crippen LogP contribution in [0.4, 0.5) is 5.82 Å². The Morgan fingerprint density at radius 2 is 2.04 bits per heavy atom. The van der Waals surface area contributed by atoms with Gasteiger partial charge in [0.15, 0.2) is 6.61 Å². The van der Waals surface area contributed by atoms with E-state index in [1.54, 1.807) is 28.5 Å². The third kappa shape index (κ3) is 4.90. The van der Waals surface area contributed by atoms with E-state index in [2.05, 4.69) is 9.88 Å². The molecule has 3 rings (SSSR count). The SMILES string of the molecule is O=C(/C=C/c1ccsc1)OCC(=O)N1CCN(c2ccccn2)CC1. The molecule has 2 aromatic rings. The van der Waals surface area contributed by atoms with Gasteiger partial charge in [-0.2, -0.15) is 11.3 Å². The molecule has 130 valence electrons. The van der Waals surface area contributed by atoms with Crippen LogP contribution in [0.5, 0.6) is 0 Å². The Hall–Kier alpha value is -2.67. The molecule has 0 atom stereocenters. The normalized spacial score (nSPS) is 14.7. The molecular formula is C18H19N3O3S. The van der Waals surface area contributed by atoms with Crippen molar-refractivity contribution in [1.29, 1.82) is 0 Å². The van der Waals surface area contributed by atoms with Gasteiger partial charge in [0.05, 0.1) is 0 Å². The standard InChI is InChI=1S/C18H19N3O3S/c22-17(13-24-18(23)5-4-15-6-12-25-14-15)21-10-8-20(9-11-21)16-3-1-2-7-19-16/h1-7,12,14H,8-11,13H2/b5-4+. The molecule has 1 aliphatic heterocycles. The molecule has 3 heterocycles. The fourth-order valence-corrected chi connectivity index (χ4v) is 3.16. The van der Waals surface area contributed by atoms with Gasteiger partial charge in [0.2, 0.25) is 0 Å². The van der Waals surface area contributed by atoms with Gasteiger partial charge in [0.25, 0.3) is 5.91 Å². The maximum absolute atomic E-state index is 12.2. The fourth-order valence-electron chi connectivity index (χ4n) is 2.53. The van der Waals surface area contributed by atoms with Crippen molar-refractivity contribution in [2.75, 3.05) is 37.7 Å². The summed E-state index contributed by atoms with van der Waals surface area (Å²) in [6, 6.07) is 7.69. The molecule has 0 aromatic carbocycles. The molecule has 0 radical (unpaired) electrons. The first kappa shape index (κ1) is 17.2. The monoisotopic (exact) mass is 357 g/mol. The number of rotatable bonds is 5. The predicted molar refractivity (Wildman–Crippen MR) is 97.3 cm³/mol. The summed E-state index contributed by atoms with van der Waals surface area (Å²) in [5.41, 5.74) is 0.943. The number of esters is 1. The van der Waals surface area contributed by atoms with Crippen molar-refractivity contribution < 1.29 is 14.3 Å². The largest absolute Gasteiger partial charge is 0.452 e. The van der Waals surface area contributed by atoms with E-state index in [0.717, 1.165) is 24.5 Å². The molecule has 2 aromatic heterocycles. The number of aromatic nitrogens is 1. The number of ether oxygens (including phenoxy) is 1. The Bertz CT molecular complexity index is 723. The van der Waals surface area contributed by atoms with Crippen molar-refractivity contribution in [2.45, 2.75) is 0 Å². The molecule has 0 spiro atoms. The van der Waals surface area contributed by atoms with Crippen LogP contribution in [0.15, 0.2) is 47.3 Å². The summed E-state index contributed by atoms with van der Waals surface area (Å²) in [7, 11) is 0. The number of hydrogen-bond acceptors (Lipinski definition) is 6. The Morgan fingerprint density at radius 3 is 2.72 bits per heavy atom. The lowest BCUT2D eigenvalue weighted by Crippen LogP contribution is -2.50. The molecular weight excluding hydrogens is 338 g/mol. The number of anilines is 1. The highest BCUT2D eigenvalue weighted by atomic mass is 32.1. The first-order chi connectivity index (χ1) is 12.2. The first-order valence-corrected chi connectivity index (χ1v) is 8.97. The van der Waals surface area contributed by atoms with E-state index in [9.17, 15) is 9.59 Å². The topological polar surface area (TPSA) is 62.7 Å². The summed E-state index contributed by atoms with van der Waals surface area (Å²) in [5.74, 6) is 0.240. The Morgan fingerprint density at radius 1 is 1.20 bits per heavy atom. The maximum atomic E-state index is 12.2. The Balaban J connectivity index is 1.41. The van der Waals surface area contributed by atoms with E-state index in [4.69, 9.17) is 4.74 Å². The molecule has 25 heavy (non-hydrogen) atoms.